The number of phosphoric ester groups is 1. The van der Waals surface area contributed by atoms with Crippen LogP contribution in [0.15, 0.2) is 24.8 Å². The first-order chi connectivity index (χ1) is 6.53. The van der Waals surface area contributed by atoms with Gasteiger partial charge < -0.3 is 19.0 Å². The molecule has 0 aromatic carbocycles. The standard InChI is InChI=1S/C8H13O5P.Li/c1-2-8-6-7(9)4-3-5-12-14(10,11)13-8;/h2-4,7-9H,1,5-6H2,(H,10,11);/q;+1/p-1/b4-3-;/t7-,8-;/m1./s1. The van der Waals surface area contributed by atoms with Crippen molar-refractivity contribution in [1.82, 2.24) is 0 Å². The molecule has 1 rings (SSSR count). The number of rotatable bonds is 1. The van der Waals surface area contributed by atoms with Gasteiger partial charge in [-0.05, 0) is 0 Å². The molecule has 0 fully saturated rings. The van der Waals surface area contributed by atoms with E-state index >= 15 is 0 Å². The molecule has 0 amide bonds. The Morgan fingerprint density at radius 1 is 1.67 bits per heavy atom. The van der Waals surface area contributed by atoms with E-state index in [1.54, 1.807) is 0 Å². The summed E-state index contributed by atoms with van der Waals surface area (Å²) in [4.78, 5) is 11.1. The Kier molecular flexibility index (Phi) is 6.74. The van der Waals surface area contributed by atoms with Gasteiger partial charge in [0, 0.05) is 6.42 Å². The van der Waals surface area contributed by atoms with Gasteiger partial charge in [-0.3, -0.25) is 4.57 Å². The van der Waals surface area contributed by atoms with Crippen molar-refractivity contribution in [2.24, 2.45) is 0 Å². The smallest absolute Gasteiger partial charge is 0.756 e. The molecular formula is C8H12LiO5P. The van der Waals surface area contributed by atoms with Crippen molar-refractivity contribution >= 4 is 7.82 Å². The van der Waals surface area contributed by atoms with Crippen molar-refractivity contribution in [3.8, 4) is 0 Å². The summed E-state index contributed by atoms with van der Waals surface area (Å²) < 4.78 is 20.2. The van der Waals surface area contributed by atoms with E-state index in [4.69, 9.17) is 0 Å². The molecule has 3 atom stereocenters. The first-order valence-electron chi connectivity index (χ1n) is 4.15. The average molecular weight is 226 g/mol. The van der Waals surface area contributed by atoms with Crippen molar-refractivity contribution in [1.29, 1.82) is 0 Å². The van der Waals surface area contributed by atoms with E-state index < -0.39 is 20.0 Å². The molecule has 0 aromatic heterocycles. The summed E-state index contributed by atoms with van der Waals surface area (Å²) in [6.45, 7) is 3.29. The quantitative estimate of drug-likeness (QED) is 0.300. The number of aliphatic hydroxyl groups excluding tert-OH is 1. The topological polar surface area (TPSA) is 78.8 Å². The summed E-state index contributed by atoms with van der Waals surface area (Å²) >= 11 is 0. The monoisotopic (exact) mass is 226 g/mol. The van der Waals surface area contributed by atoms with E-state index in [0.29, 0.717) is 0 Å². The molecule has 1 aliphatic heterocycles. The first-order valence-corrected chi connectivity index (χ1v) is 5.61. The molecule has 1 N–H and O–H groups in total. The fourth-order valence-electron chi connectivity index (χ4n) is 1.04. The molecule has 7 heteroatoms. The number of phosphoric acid groups is 1. The second kappa shape index (κ2) is 6.67. The Balaban J connectivity index is 0.00000196. The van der Waals surface area contributed by atoms with Gasteiger partial charge in [-0.25, -0.2) is 0 Å². The van der Waals surface area contributed by atoms with Crippen LogP contribution in [-0.4, -0.2) is 23.9 Å². The predicted molar refractivity (Wildman–Crippen MR) is 48.4 cm³/mol. The summed E-state index contributed by atoms with van der Waals surface area (Å²) in [5.74, 6) is 0. The van der Waals surface area contributed by atoms with Crippen molar-refractivity contribution in [2.75, 3.05) is 6.61 Å². The zero-order chi connectivity index (χ0) is 10.6. The van der Waals surface area contributed by atoms with Crippen LogP contribution in [0.3, 0.4) is 0 Å². The second-order valence-electron chi connectivity index (χ2n) is 2.85. The van der Waals surface area contributed by atoms with Gasteiger partial charge in [0.2, 0.25) is 0 Å². The van der Waals surface area contributed by atoms with Crippen molar-refractivity contribution in [3.63, 3.8) is 0 Å². The summed E-state index contributed by atoms with van der Waals surface area (Å²) in [6, 6.07) is 0. The van der Waals surface area contributed by atoms with Gasteiger partial charge >= 0.3 is 18.9 Å². The minimum absolute atomic E-state index is 0. The van der Waals surface area contributed by atoms with E-state index in [1.807, 2.05) is 0 Å². The molecule has 0 saturated carbocycles. The summed E-state index contributed by atoms with van der Waals surface area (Å²) in [6.07, 6.45) is 2.86. The Morgan fingerprint density at radius 2 is 2.33 bits per heavy atom. The maximum absolute atomic E-state index is 11.1. The molecule has 15 heavy (non-hydrogen) atoms. The number of hydrogen-bond donors (Lipinski definition) is 1. The molecule has 5 nitrogen and oxygen atoms in total. The molecule has 0 radical (unpaired) electrons. The summed E-state index contributed by atoms with van der Waals surface area (Å²) in [5.41, 5.74) is 0. The van der Waals surface area contributed by atoms with Crippen molar-refractivity contribution in [2.45, 2.75) is 18.6 Å². The van der Waals surface area contributed by atoms with Crippen LogP contribution in [0, 0.1) is 0 Å². The normalized spacial score (nSPS) is 39.1. The Hall–Kier alpha value is 0.147. The van der Waals surface area contributed by atoms with Gasteiger partial charge in [0.1, 0.15) is 0 Å². The van der Waals surface area contributed by atoms with Crippen LogP contribution in [0.25, 0.3) is 0 Å². The minimum atomic E-state index is -4.27. The minimum Gasteiger partial charge on any atom is -0.756 e. The Labute approximate surface area is 101 Å². The molecule has 0 bridgehead atoms. The van der Waals surface area contributed by atoms with Crippen LogP contribution >= 0.6 is 7.82 Å². The molecule has 0 aliphatic carbocycles. The van der Waals surface area contributed by atoms with Gasteiger partial charge in [0.15, 0.2) is 0 Å². The second-order valence-corrected chi connectivity index (χ2v) is 4.22. The van der Waals surface area contributed by atoms with Gasteiger partial charge in [-0.1, -0.05) is 18.2 Å². The van der Waals surface area contributed by atoms with Crippen molar-refractivity contribution in [3.05, 3.63) is 24.8 Å². The van der Waals surface area contributed by atoms with E-state index in [2.05, 4.69) is 15.6 Å². The van der Waals surface area contributed by atoms with Crippen LogP contribution in [0.2, 0.25) is 0 Å². The molecule has 0 saturated heterocycles. The van der Waals surface area contributed by atoms with Gasteiger partial charge in [-0.2, -0.15) is 0 Å². The van der Waals surface area contributed by atoms with Crippen LogP contribution < -0.4 is 23.8 Å². The SMILES string of the molecule is C=C[C@@H]1C[C@H](O)/C=C\COP(=O)([O-])O1.[Li+]. The maximum atomic E-state index is 11.1. The van der Waals surface area contributed by atoms with Crippen LogP contribution in [0.1, 0.15) is 6.42 Å². The fraction of sp³-hybridized carbons (Fsp3) is 0.500. The average Bonchev–Trinajstić information content (AvgIpc) is 2.15. The number of hydrogen-bond acceptors (Lipinski definition) is 5. The van der Waals surface area contributed by atoms with Gasteiger partial charge in [0.05, 0.1) is 18.8 Å². The molecule has 80 valence electrons. The predicted octanol–water partition coefficient (Wildman–Crippen LogP) is -2.63. The van der Waals surface area contributed by atoms with E-state index in [1.165, 1.54) is 18.2 Å². The van der Waals surface area contributed by atoms with Crippen molar-refractivity contribution < 1.29 is 42.5 Å². The molecule has 0 aromatic rings. The summed E-state index contributed by atoms with van der Waals surface area (Å²) in [5, 5.41) is 9.35. The van der Waals surface area contributed by atoms with Gasteiger partial charge in [-0.15, -0.1) is 6.58 Å². The fourth-order valence-corrected chi connectivity index (χ4v) is 1.88. The first kappa shape index (κ1) is 15.1. The van der Waals surface area contributed by atoms with Crippen LogP contribution in [-0.2, 0) is 13.6 Å². The third-order valence-corrected chi connectivity index (χ3v) is 2.68. The largest absolute Gasteiger partial charge is 1.00 e. The van der Waals surface area contributed by atoms with E-state index in [9.17, 15) is 14.6 Å². The zero-order valence-electron chi connectivity index (χ0n) is 8.54. The Bertz CT molecular complexity index is 280. The zero-order valence-corrected chi connectivity index (χ0v) is 9.43. The molecular weight excluding hydrogens is 214 g/mol. The maximum Gasteiger partial charge on any atom is 1.00 e. The third kappa shape index (κ3) is 5.69. The van der Waals surface area contributed by atoms with Gasteiger partial charge in [0.25, 0.3) is 7.82 Å². The van der Waals surface area contributed by atoms with Crippen LogP contribution in [0.5, 0.6) is 0 Å². The Morgan fingerprint density at radius 3 is 2.93 bits per heavy atom. The summed E-state index contributed by atoms with van der Waals surface area (Å²) in [7, 11) is -4.27. The number of aliphatic hydroxyl groups is 1. The molecule has 1 heterocycles. The third-order valence-electron chi connectivity index (χ3n) is 1.69. The van der Waals surface area contributed by atoms with E-state index in [0.717, 1.165) is 0 Å². The van der Waals surface area contributed by atoms with E-state index in [-0.39, 0.29) is 31.9 Å². The molecule has 1 unspecified atom stereocenters. The van der Waals surface area contributed by atoms with Crippen LogP contribution in [0.4, 0.5) is 0 Å². The molecule has 1 aliphatic rings. The molecule has 0 spiro atoms.